The van der Waals surface area contributed by atoms with Crippen LogP contribution in [0.4, 0.5) is 10.1 Å². The van der Waals surface area contributed by atoms with E-state index < -0.39 is 16.8 Å². The molecule has 0 aromatic heterocycles. The lowest BCUT2D eigenvalue weighted by molar-refractivity contribution is -0.385. The molecule has 0 amide bonds. The Morgan fingerprint density at radius 2 is 2.29 bits per heavy atom. The minimum absolute atomic E-state index is 0.0635. The number of fused-ring (bicyclic) bond motifs is 1. The smallest absolute Gasteiger partial charge is 0.274 e. The van der Waals surface area contributed by atoms with Crippen LogP contribution in [0.15, 0.2) is 12.1 Å². The van der Waals surface area contributed by atoms with Crippen molar-refractivity contribution in [3.05, 3.63) is 39.2 Å². The average Bonchev–Trinajstić information content (AvgIpc) is 2.50. The van der Waals surface area contributed by atoms with Crippen LogP contribution in [0.5, 0.6) is 0 Å². The number of halogens is 1. The van der Waals surface area contributed by atoms with Crippen LogP contribution in [-0.4, -0.2) is 4.92 Å². The van der Waals surface area contributed by atoms with Crippen LogP contribution >= 0.6 is 0 Å². The van der Waals surface area contributed by atoms with Gasteiger partial charge < -0.3 is 5.73 Å². The quantitative estimate of drug-likeness (QED) is 0.548. The Morgan fingerprint density at radius 1 is 1.57 bits per heavy atom. The number of nitrogens with zero attached hydrogens (tertiary/aromatic N) is 1. The zero-order valence-electron chi connectivity index (χ0n) is 7.37. The van der Waals surface area contributed by atoms with Crippen LogP contribution in [-0.2, 0) is 6.42 Å². The maximum atomic E-state index is 13.2. The van der Waals surface area contributed by atoms with Crippen LogP contribution in [0.2, 0.25) is 0 Å². The van der Waals surface area contributed by atoms with E-state index in [2.05, 4.69) is 0 Å². The van der Waals surface area contributed by atoms with Gasteiger partial charge in [-0.1, -0.05) is 0 Å². The minimum Gasteiger partial charge on any atom is -0.324 e. The summed E-state index contributed by atoms with van der Waals surface area (Å²) in [5, 5.41) is 10.6. The minimum atomic E-state index is -0.510. The highest BCUT2D eigenvalue weighted by molar-refractivity contribution is 5.50. The van der Waals surface area contributed by atoms with Crippen molar-refractivity contribution in [1.82, 2.24) is 0 Å². The number of nitrogens with two attached hydrogens (primary N) is 1. The molecule has 0 bridgehead atoms. The Labute approximate surface area is 79.7 Å². The molecule has 1 aromatic rings. The van der Waals surface area contributed by atoms with Crippen molar-refractivity contribution in [1.29, 1.82) is 0 Å². The number of hydrogen-bond donors (Lipinski definition) is 1. The van der Waals surface area contributed by atoms with Crippen molar-refractivity contribution in [2.75, 3.05) is 0 Å². The fourth-order valence-corrected chi connectivity index (χ4v) is 1.90. The first-order valence-corrected chi connectivity index (χ1v) is 4.32. The van der Waals surface area contributed by atoms with E-state index in [-0.39, 0.29) is 5.69 Å². The molecule has 1 unspecified atom stereocenters. The van der Waals surface area contributed by atoms with Gasteiger partial charge in [0.1, 0.15) is 5.82 Å². The van der Waals surface area contributed by atoms with Gasteiger partial charge in [0, 0.05) is 12.1 Å². The first-order valence-electron chi connectivity index (χ1n) is 4.32. The molecule has 0 heterocycles. The molecule has 2 rings (SSSR count). The highest BCUT2D eigenvalue weighted by Crippen LogP contribution is 2.37. The summed E-state index contributed by atoms with van der Waals surface area (Å²) in [6.07, 6.45) is 1.07. The zero-order chi connectivity index (χ0) is 10.3. The number of nitro benzene ring substituents is 1. The number of nitro groups is 1. The van der Waals surface area contributed by atoms with Gasteiger partial charge in [0.15, 0.2) is 0 Å². The molecular formula is C9H9FN2O2. The first-order chi connectivity index (χ1) is 6.61. The summed E-state index contributed by atoms with van der Waals surface area (Å²) < 4.78 is 13.2. The second-order valence-electron chi connectivity index (χ2n) is 3.36. The maximum absolute atomic E-state index is 13.2. The average molecular weight is 196 g/mol. The van der Waals surface area contributed by atoms with Gasteiger partial charge in [0.2, 0.25) is 0 Å². The van der Waals surface area contributed by atoms with E-state index in [9.17, 15) is 14.5 Å². The largest absolute Gasteiger partial charge is 0.324 e. The summed E-state index contributed by atoms with van der Waals surface area (Å²) in [5.41, 5.74) is 6.40. The zero-order valence-corrected chi connectivity index (χ0v) is 7.37. The molecule has 5 heteroatoms. The Morgan fingerprint density at radius 3 is 2.93 bits per heavy atom. The van der Waals surface area contributed by atoms with E-state index in [1.807, 2.05) is 0 Å². The maximum Gasteiger partial charge on any atom is 0.274 e. The monoisotopic (exact) mass is 196 g/mol. The molecule has 14 heavy (non-hydrogen) atoms. The van der Waals surface area contributed by atoms with E-state index in [1.165, 1.54) is 6.07 Å². The molecule has 0 fully saturated rings. The summed E-state index contributed by atoms with van der Waals surface area (Å²) in [4.78, 5) is 10.1. The van der Waals surface area contributed by atoms with Crippen molar-refractivity contribution in [3.63, 3.8) is 0 Å². The molecule has 74 valence electrons. The summed E-state index contributed by atoms with van der Waals surface area (Å²) in [6, 6.07) is 1.91. The predicted molar refractivity (Wildman–Crippen MR) is 48.3 cm³/mol. The second kappa shape index (κ2) is 3.02. The third kappa shape index (κ3) is 1.17. The van der Waals surface area contributed by atoms with Gasteiger partial charge in [-0.05, 0) is 24.5 Å². The van der Waals surface area contributed by atoms with Gasteiger partial charge in [0.05, 0.1) is 10.5 Å². The van der Waals surface area contributed by atoms with Gasteiger partial charge >= 0.3 is 0 Å². The topological polar surface area (TPSA) is 69.2 Å². The van der Waals surface area contributed by atoms with Crippen LogP contribution in [0.3, 0.4) is 0 Å². The van der Waals surface area contributed by atoms with Gasteiger partial charge in [-0.15, -0.1) is 0 Å². The SMILES string of the molecule is NC1CCc2c(F)ccc([N+](=O)[O-])c21. The number of hydrogen-bond acceptors (Lipinski definition) is 3. The van der Waals surface area contributed by atoms with E-state index >= 15 is 0 Å². The molecule has 0 saturated heterocycles. The van der Waals surface area contributed by atoms with Crippen LogP contribution < -0.4 is 5.73 Å². The molecule has 1 aromatic carbocycles. The van der Waals surface area contributed by atoms with Gasteiger partial charge in [-0.2, -0.15) is 0 Å². The lowest BCUT2D eigenvalue weighted by Gasteiger charge is -2.05. The Hall–Kier alpha value is -1.49. The van der Waals surface area contributed by atoms with Gasteiger partial charge in [0.25, 0.3) is 5.69 Å². The standard InChI is InChI=1S/C9H9FN2O2/c10-6-2-4-8(12(13)14)9-5(6)1-3-7(9)11/h2,4,7H,1,3,11H2. The lowest BCUT2D eigenvalue weighted by Crippen LogP contribution is -2.08. The van der Waals surface area contributed by atoms with Crippen molar-refractivity contribution < 1.29 is 9.31 Å². The molecule has 1 aliphatic rings. The molecular weight excluding hydrogens is 187 g/mol. The summed E-state index contributed by atoms with van der Waals surface area (Å²) in [6.45, 7) is 0. The van der Waals surface area contributed by atoms with Crippen LogP contribution in [0.25, 0.3) is 0 Å². The summed E-state index contributed by atoms with van der Waals surface area (Å²) in [5.74, 6) is -0.390. The molecule has 1 aliphatic carbocycles. The molecule has 0 radical (unpaired) electrons. The molecule has 1 atom stereocenters. The lowest BCUT2D eigenvalue weighted by atomic mass is 10.1. The third-order valence-electron chi connectivity index (χ3n) is 2.55. The molecule has 0 aliphatic heterocycles. The number of benzene rings is 1. The molecule has 0 spiro atoms. The molecule has 2 N–H and O–H groups in total. The van der Waals surface area contributed by atoms with E-state index in [0.29, 0.717) is 24.0 Å². The first kappa shape index (κ1) is 9.08. The fourth-order valence-electron chi connectivity index (χ4n) is 1.90. The van der Waals surface area contributed by atoms with E-state index in [1.54, 1.807) is 0 Å². The van der Waals surface area contributed by atoms with Crippen molar-refractivity contribution in [3.8, 4) is 0 Å². The Bertz CT molecular complexity index is 406. The molecule has 4 nitrogen and oxygen atoms in total. The predicted octanol–water partition coefficient (Wildman–Crippen LogP) is 1.68. The van der Waals surface area contributed by atoms with Gasteiger partial charge in [-0.3, -0.25) is 10.1 Å². The van der Waals surface area contributed by atoms with E-state index in [0.717, 1.165) is 6.07 Å². The normalized spacial score (nSPS) is 19.4. The summed E-state index contributed by atoms with van der Waals surface area (Å²) in [7, 11) is 0. The Kier molecular flexibility index (Phi) is 1.96. The van der Waals surface area contributed by atoms with Gasteiger partial charge in [-0.25, -0.2) is 4.39 Å². The third-order valence-corrected chi connectivity index (χ3v) is 2.55. The van der Waals surface area contributed by atoms with E-state index in [4.69, 9.17) is 5.73 Å². The second-order valence-corrected chi connectivity index (χ2v) is 3.36. The molecule has 0 saturated carbocycles. The number of rotatable bonds is 1. The summed E-state index contributed by atoms with van der Waals surface area (Å²) >= 11 is 0. The van der Waals surface area contributed by atoms with Crippen LogP contribution in [0, 0.1) is 15.9 Å². The highest BCUT2D eigenvalue weighted by Gasteiger charge is 2.30. The van der Waals surface area contributed by atoms with Crippen LogP contribution in [0.1, 0.15) is 23.6 Å². The fraction of sp³-hybridized carbons (Fsp3) is 0.333. The Balaban J connectivity index is 2.66. The van der Waals surface area contributed by atoms with Crippen molar-refractivity contribution in [2.24, 2.45) is 5.73 Å². The highest BCUT2D eigenvalue weighted by atomic mass is 19.1. The van der Waals surface area contributed by atoms with Crippen molar-refractivity contribution >= 4 is 5.69 Å². The van der Waals surface area contributed by atoms with Crippen molar-refractivity contribution in [2.45, 2.75) is 18.9 Å².